The highest BCUT2D eigenvalue weighted by Crippen LogP contribution is 2.27. The van der Waals surface area contributed by atoms with Crippen molar-refractivity contribution in [3.8, 4) is 11.8 Å². The Labute approximate surface area is 288 Å². The molecule has 0 bridgehead atoms. The van der Waals surface area contributed by atoms with Crippen LogP contribution in [0.1, 0.15) is 60.2 Å². The summed E-state index contributed by atoms with van der Waals surface area (Å²) in [4.78, 5) is 0. The van der Waals surface area contributed by atoms with Gasteiger partial charge in [-0.25, -0.2) is 0 Å². The Balaban J connectivity index is 0.000000205. The summed E-state index contributed by atoms with van der Waals surface area (Å²) in [6.07, 6.45) is 2.94. The van der Waals surface area contributed by atoms with Gasteiger partial charge in [-0.05, 0) is 81.1 Å². The predicted octanol–water partition coefficient (Wildman–Crippen LogP) is 8.77. The maximum Gasteiger partial charge on any atom is 0.125 e. The van der Waals surface area contributed by atoms with Gasteiger partial charge in [0, 0.05) is 18.5 Å². The van der Waals surface area contributed by atoms with E-state index in [9.17, 15) is 5.26 Å². The number of ether oxygens (including phenoxy) is 1. The van der Waals surface area contributed by atoms with Crippen LogP contribution in [-0.4, -0.2) is 25.7 Å². The average molecular weight is 641 g/mol. The van der Waals surface area contributed by atoms with Crippen molar-refractivity contribution < 1.29 is 4.74 Å². The third-order valence-corrected chi connectivity index (χ3v) is 7.69. The van der Waals surface area contributed by atoms with Crippen LogP contribution in [-0.2, 0) is 12.8 Å². The third-order valence-electron chi connectivity index (χ3n) is 7.69. The fraction of sp³-hybridized carbons (Fsp3) is 0.279. The molecule has 0 radical (unpaired) electrons. The standard InChI is InChI=1S/C17H18N2.C17H21NO.C9H13N/c1-14(12-15-8-4-2-5-9-15)19-17(13-18)16-10-6-3-7-11-16;1-14-8-6-7-11-16(14)19-17(12-13-18-2)15-9-4-3-5-10-15;1-8(10)7-9-5-3-2-4-6-9/h2-11,14,17,19H,12H2,1H3;3-11,17-18H,12-13H2,1-2H3;2-6,8H,7,10H2,1H3/t;17-;/m.1./s1. The van der Waals surface area contributed by atoms with Crippen LogP contribution in [0.2, 0.25) is 0 Å². The van der Waals surface area contributed by atoms with Gasteiger partial charge in [0.25, 0.3) is 0 Å². The summed E-state index contributed by atoms with van der Waals surface area (Å²) in [5.41, 5.74) is 11.6. The number of hydrogen-bond acceptors (Lipinski definition) is 5. The van der Waals surface area contributed by atoms with Gasteiger partial charge in [0.2, 0.25) is 0 Å². The Hall–Kier alpha value is -4.73. The smallest absolute Gasteiger partial charge is 0.125 e. The van der Waals surface area contributed by atoms with Crippen LogP contribution in [0.4, 0.5) is 0 Å². The summed E-state index contributed by atoms with van der Waals surface area (Å²) in [5.74, 6) is 0.965. The summed E-state index contributed by atoms with van der Waals surface area (Å²) >= 11 is 0. The zero-order valence-electron chi connectivity index (χ0n) is 28.9. The fourth-order valence-electron chi connectivity index (χ4n) is 5.23. The molecule has 0 amide bonds. The first-order valence-corrected chi connectivity index (χ1v) is 16.9. The molecule has 5 heteroatoms. The zero-order valence-corrected chi connectivity index (χ0v) is 28.9. The lowest BCUT2D eigenvalue weighted by molar-refractivity contribution is 0.193. The molecule has 0 spiro atoms. The molecule has 48 heavy (non-hydrogen) atoms. The first-order chi connectivity index (χ1) is 23.4. The monoisotopic (exact) mass is 640 g/mol. The van der Waals surface area contributed by atoms with E-state index in [1.54, 1.807) is 0 Å². The van der Waals surface area contributed by atoms with Gasteiger partial charge in [-0.3, -0.25) is 5.32 Å². The van der Waals surface area contributed by atoms with Crippen molar-refractivity contribution in [3.63, 3.8) is 0 Å². The normalized spacial score (nSPS) is 12.8. The predicted molar refractivity (Wildman–Crippen MR) is 201 cm³/mol. The lowest BCUT2D eigenvalue weighted by Crippen LogP contribution is -2.31. The van der Waals surface area contributed by atoms with Crippen LogP contribution in [0.15, 0.2) is 146 Å². The molecule has 0 aromatic heterocycles. The lowest BCUT2D eigenvalue weighted by Gasteiger charge is -2.20. The lowest BCUT2D eigenvalue weighted by atomic mass is 10.0. The molecule has 0 fully saturated rings. The van der Waals surface area contributed by atoms with Crippen molar-refractivity contribution in [2.75, 3.05) is 13.6 Å². The summed E-state index contributed by atoms with van der Waals surface area (Å²) in [6, 6.07) is 51.6. The molecule has 0 heterocycles. The van der Waals surface area contributed by atoms with E-state index >= 15 is 0 Å². The molecule has 4 atom stereocenters. The van der Waals surface area contributed by atoms with Crippen molar-refractivity contribution in [2.24, 2.45) is 5.73 Å². The van der Waals surface area contributed by atoms with E-state index in [-0.39, 0.29) is 24.2 Å². The SMILES string of the molecule is CC(Cc1ccccc1)NC(C#N)c1ccccc1.CC(N)Cc1ccccc1.CNCC[C@@H](Oc1ccccc1C)c1ccccc1. The molecule has 5 aromatic carbocycles. The Kier molecular flexibility index (Phi) is 17.3. The number of nitrogens with two attached hydrogens (primary N) is 1. The van der Waals surface area contributed by atoms with Crippen LogP contribution in [0.25, 0.3) is 0 Å². The van der Waals surface area contributed by atoms with Crippen molar-refractivity contribution in [2.45, 2.75) is 64.3 Å². The number of hydrogen-bond donors (Lipinski definition) is 3. The molecule has 4 N–H and O–H groups in total. The van der Waals surface area contributed by atoms with Crippen LogP contribution in [0, 0.1) is 18.3 Å². The van der Waals surface area contributed by atoms with Gasteiger partial charge >= 0.3 is 0 Å². The number of rotatable bonds is 13. The van der Waals surface area contributed by atoms with E-state index in [1.165, 1.54) is 22.3 Å². The highest BCUT2D eigenvalue weighted by Gasteiger charge is 2.14. The van der Waals surface area contributed by atoms with Gasteiger partial charge < -0.3 is 15.8 Å². The Bertz CT molecular complexity index is 1570. The first kappa shape index (κ1) is 37.7. The van der Waals surface area contributed by atoms with E-state index in [0.717, 1.165) is 37.1 Å². The van der Waals surface area contributed by atoms with Gasteiger partial charge in [-0.15, -0.1) is 0 Å². The number of aryl methyl sites for hydroxylation is 1. The molecule has 0 aliphatic heterocycles. The van der Waals surface area contributed by atoms with E-state index in [4.69, 9.17) is 10.5 Å². The van der Waals surface area contributed by atoms with Crippen molar-refractivity contribution in [3.05, 3.63) is 173 Å². The molecule has 0 saturated heterocycles. The van der Waals surface area contributed by atoms with Gasteiger partial charge in [-0.1, -0.05) is 140 Å². The quantitative estimate of drug-likeness (QED) is 0.120. The Morgan fingerprint density at radius 2 is 1.15 bits per heavy atom. The van der Waals surface area contributed by atoms with Crippen molar-refractivity contribution in [1.29, 1.82) is 5.26 Å². The molecule has 5 aromatic rings. The minimum absolute atomic E-state index is 0.0924. The maximum atomic E-state index is 9.28. The summed E-state index contributed by atoms with van der Waals surface area (Å²) < 4.78 is 6.19. The van der Waals surface area contributed by atoms with Crippen LogP contribution >= 0.6 is 0 Å². The third kappa shape index (κ3) is 14.4. The minimum Gasteiger partial charge on any atom is -0.485 e. The van der Waals surface area contributed by atoms with E-state index in [1.807, 2.05) is 105 Å². The fourth-order valence-corrected chi connectivity index (χ4v) is 5.23. The maximum absolute atomic E-state index is 9.28. The summed E-state index contributed by atoms with van der Waals surface area (Å²) in [5, 5.41) is 15.8. The number of nitrogens with zero attached hydrogens (tertiary/aromatic N) is 1. The molecule has 5 nitrogen and oxygen atoms in total. The molecule has 0 aliphatic carbocycles. The highest BCUT2D eigenvalue weighted by molar-refractivity contribution is 5.33. The number of nitriles is 1. The second-order valence-electron chi connectivity index (χ2n) is 12.1. The average Bonchev–Trinajstić information content (AvgIpc) is 3.12. The highest BCUT2D eigenvalue weighted by atomic mass is 16.5. The molecule has 5 rings (SSSR count). The van der Waals surface area contributed by atoms with Crippen LogP contribution < -0.4 is 21.1 Å². The zero-order chi connectivity index (χ0) is 34.4. The number of para-hydroxylation sites is 1. The van der Waals surface area contributed by atoms with Gasteiger partial charge in [0.05, 0.1) is 6.07 Å². The van der Waals surface area contributed by atoms with E-state index in [0.29, 0.717) is 0 Å². The second-order valence-corrected chi connectivity index (χ2v) is 12.1. The Morgan fingerprint density at radius 1 is 0.667 bits per heavy atom. The summed E-state index contributed by atoms with van der Waals surface area (Å²) in [7, 11) is 1.97. The van der Waals surface area contributed by atoms with E-state index < -0.39 is 0 Å². The van der Waals surface area contributed by atoms with Gasteiger partial charge in [-0.2, -0.15) is 5.26 Å². The van der Waals surface area contributed by atoms with Crippen molar-refractivity contribution >= 4 is 0 Å². The van der Waals surface area contributed by atoms with E-state index in [2.05, 4.69) is 85.1 Å². The second kappa shape index (κ2) is 22.0. The topological polar surface area (TPSA) is 83.1 Å². The number of nitrogens with one attached hydrogen (secondary N) is 2. The first-order valence-electron chi connectivity index (χ1n) is 16.9. The molecule has 250 valence electrons. The molecular weight excluding hydrogens is 589 g/mol. The molecule has 0 aliphatic rings. The van der Waals surface area contributed by atoms with Crippen LogP contribution in [0.5, 0.6) is 5.75 Å². The molecular formula is C43H52N4O. The van der Waals surface area contributed by atoms with Crippen molar-refractivity contribution in [1.82, 2.24) is 10.6 Å². The molecule has 0 saturated carbocycles. The minimum atomic E-state index is -0.250. The molecule has 3 unspecified atom stereocenters. The summed E-state index contributed by atoms with van der Waals surface area (Å²) in [6.45, 7) is 7.15. The van der Waals surface area contributed by atoms with Crippen LogP contribution in [0.3, 0.4) is 0 Å². The van der Waals surface area contributed by atoms with Gasteiger partial charge in [0.1, 0.15) is 17.9 Å². The largest absolute Gasteiger partial charge is 0.485 e. The van der Waals surface area contributed by atoms with Gasteiger partial charge in [0.15, 0.2) is 0 Å². The Morgan fingerprint density at radius 3 is 1.65 bits per heavy atom. The number of benzene rings is 5.